The number of nitriles is 2. The summed E-state index contributed by atoms with van der Waals surface area (Å²) in [6, 6.07) is 4.42. The van der Waals surface area contributed by atoms with E-state index >= 15 is 0 Å². The van der Waals surface area contributed by atoms with Crippen molar-refractivity contribution in [1.29, 1.82) is 15.9 Å². The van der Waals surface area contributed by atoms with Gasteiger partial charge in [-0.2, -0.15) is 15.6 Å². The quantitative estimate of drug-likeness (QED) is 0.337. The van der Waals surface area contributed by atoms with E-state index in [1.807, 2.05) is 0 Å². The highest BCUT2D eigenvalue weighted by Gasteiger charge is 2.16. The maximum absolute atomic E-state index is 13.7. The van der Waals surface area contributed by atoms with Gasteiger partial charge in [0.25, 0.3) is 0 Å². The lowest BCUT2D eigenvalue weighted by molar-refractivity contribution is 0.618. The molecule has 0 saturated heterocycles. The highest BCUT2D eigenvalue weighted by molar-refractivity contribution is 9.10. The molecule has 0 aliphatic heterocycles. The van der Waals surface area contributed by atoms with Crippen LogP contribution in [-0.2, 0) is 0 Å². The lowest BCUT2D eigenvalue weighted by Gasteiger charge is -2.08. The Morgan fingerprint density at radius 1 is 1.58 bits per heavy atom. The summed E-state index contributed by atoms with van der Waals surface area (Å²) in [5.74, 6) is -1.38. The van der Waals surface area contributed by atoms with Crippen LogP contribution in [0.5, 0.6) is 0 Å². The van der Waals surface area contributed by atoms with Crippen molar-refractivity contribution < 1.29 is 4.39 Å². The molecular formula is C10H5BrClFN6. The van der Waals surface area contributed by atoms with Crippen molar-refractivity contribution in [3.63, 3.8) is 0 Å². The lowest BCUT2D eigenvalue weighted by Crippen LogP contribution is -2.22. The summed E-state index contributed by atoms with van der Waals surface area (Å²) < 4.78 is 13.7. The van der Waals surface area contributed by atoms with Crippen molar-refractivity contribution in [2.45, 2.75) is 0 Å². The third-order valence-corrected chi connectivity index (χ3v) is 2.80. The minimum Gasteiger partial charge on any atom is -0.382 e. The van der Waals surface area contributed by atoms with E-state index in [0.717, 1.165) is 0 Å². The first kappa shape index (κ1) is 14.9. The topological polar surface area (TPSA) is 122 Å². The van der Waals surface area contributed by atoms with Crippen LogP contribution in [0.2, 0.25) is 5.02 Å². The molecule has 0 aliphatic carbocycles. The van der Waals surface area contributed by atoms with Crippen LogP contribution >= 0.6 is 27.5 Å². The summed E-state index contributed by atoms with van der Waals surface area (Å²) in [5, 5.41) is 28.1. The van der Waals surface area contributed by atoms with Gasteiger partial charge in [0.15, 0.2) is 11.7 Å². The van der Waals surface area contributed by atoms with E-state index < -0.39 is 17.4 Å². The second-order valence-corrected chi connectivity index (χ2v) is 4.38. The number of amidine groups is 1. The van der Waals surface area contributed by atoms with Crippen LogP contribution in [0.1, 0.15) is 5.56 Å². The molecule has 0 radical (unpaired) electrons. The van der Waals surface area contributed by atoms with Crippen molar-refractivity contribution >= 4 is 44.8 Å². The smallest absolute Gasteiger partial charge is 0.201 e. The van der Waals surface area contributed by atoms with Crippen molar-refractivity contribution in [2.75, 3.05) is 5.43 Å². The number of nitrogens with one attached hydrogen (secondary N) is 2. The summed E-state index contributed by atoms with van der Waals surface area (Å²) in [6.45, 7) is 0. The van der Waals surface area contributed by atoms with Gasteiger partial charge in [0.1, 0.15) is 17.7 Å². The minimum absolute atomic E-state index is 0.0226. The molecule has 0 saturated carbocycles. The molecule has 6 nitrogen and oxygen atoms in total. The van der Waals surface area contributed by atoms with Crippen molar-refractivity contribution in [2.24, 2.45) is 10.8 Å². The molecule has 1 aromatic rings. The Kier molecular flexibility index (Phi) is 4.81. The van der Waals surface area contributed by atoms with Crippen LogP contribution in [0.25, 0.3) is 0 Å². The SMILES string of the molecule is N#C/C(=N\Nc1c(Cl)cc(Br)c(F)c1C#N)C(=N)N. The van der Waals surface area contributed by atoms with Crippen LogP contribution in [0, 0.1) is 33.9 Å². The van der Waals surface area contributed by atoms with Crippen molar-refractivity contribution in [3.8, 4) is 12.1 Å². The predicted molar refractivity (Wildman–Crippen MR) is 72.4 cm³/mol. The van der Waals surface area contributed by atoms with E-state index in [1.165, 1.54) is 6.07 Å². The third kappa shape index (κ3) is 3.19. The third-order valence-electron chi connectivity index (χ3n) is 1.92. The highest BCUT2D eigenvalue weighted by atomic mass is 79.9. The van der Waals surface area contributed by atoms with E-state index in [2.05, 4.69) is 26.5 Å². The maximum Gasteiger partial charge on any atom is 0.201 e. The van der Waals surface area contributed by atoms with Gasteiger partial charge in [-0.15, -0.1) is 0 Å². The van der Waals surface area contributed by atoms with E-state index in [-0.39, 0.29) is 20.7 Å². The zero-order chi connectivity index (χ0) is 14.6. The second kappa shape index (κ2) is 6.14. The van der Waals surface area contributed by atoms with Crippen LogP contribution in [-0.4, -0.2) is 11.5 Å². The molecule has 0 unspecified atom stereocenters. The number of hydrogen-bond donors (Lipinski definition) is 3. The lowest BCUT2D eigenvalue weighted by atomic mass is 10.2. The predicted octanol–water partition coefficient (Wildman–Crippen LogP) is 2.34. The molecule has 0 amide bonds. The molecule has 0 spiro atoms. The van der Waals surface area contributed by atoms with Gasteiger partial charge >= 0.3 is 0 Å². The Morgan fingerprint density at radius 2 is 2.21 bits per heavy atom. The number of anilines is 1. The van der Waals surface area contributed by atoms with Gasteiger partial charge < -0.3 is 5.73 Å². The molecule has 0 atom stereocenters. The van der Waals surface area contributed by atoms with Gasteiger partial charge in [0.2, 0.25) is 5.71 Å². The van der Waals surface area contributed by atoms with E-state index in [0.29, 0.717) is 0 Å². The largest absolute Gasteiger partial charge is 0.382 e. The summed E-state index contributed by atoms with van der Waals surface area (Å²) in [4.78, 5) is 0. The summed E-state index contributed by atoms with van der Waals surface area (Å²) in [6.07, 6.45) is 0. The molecule has 0 aliphatic rings. The van der Waals surface area contributed by atoms with Gasteiger partial charge in [-0.05, 0) is 22.0 Å². The molecule has 1 rings (SSSR count). The Labute approximate surface area is 120 Å². The summed E-state index contributed by atoms with van der Waals surface area (Å²) >= 11 is 8.75. The van der Waals surface area contributed by atoms with E-state index in [1.54, 1.807) is 12.1 Å². The first-order valence-electron chi connectivity index (χ1n) is 4.58. The molecule has 19 heavy (non-hydrogen) atoms. The molecule has 0 bridgehead atoms. The second-order valence-electron chi connectivity index (χ2n) is 3.11. The van der Waals surface area contributed by atoms with Gasteiger partial charge in [0, 0.05) is 0 Å². The van der Waals surface area contributed by atoms with Gasteiger partial charge in [-0.3, -0.25) is 10.8 Å². The number of benzene rings is 1. The van der Waals surface area contributed by atoms with Crippen molar-refractivity contribution in [3.05, 3.63) is 26.9 Å². The van der Waals surface area contributed by atoms with Gasteiger partial charge in [-0.25, -0.2) is 4.39 Å². The molecular weight excluding hydrogens is 339 g/mol. The first-order valence-corrected chi connectivity index (χ1v) is 5.75. The number of nitrogens with two attached hydrogens (primary N) is 1. The van der Waals surface area contributed by atoms with Crippen LogP contribution < -0.4 is 11.2 Å². The van der Waals surface area contributed by atoms with E-state index in [9.17, 15) is 4.39 Å². The fourth-order valence-corrected chi connectivity index (χ4v) is 1.87. The fraction of sp³-hybridized carbons (Fsp3) is 0. The monoisotopic (exact) mass is 342 g/mol. The molecule has 0 heterocycles. The number of nitrogens with zero attached hydrogens (tertiary/aromatic N) is 3. The van der Waals surface area contributed by atoms with Crippen LogP contribution in [0.4, 0.5) is 10.1 Å². The van der Waals surface area contributed by atoms with E-state index in [4.69, 9.17) is 33.3 Å². The van der Waals surface area contributed by atoms with Crippen LogP contribution in [0.3, 0.4) is 0 Å². The standard InChI is InChI=1S/C10H5BrClFN6/c11-5-1-6(12)9(4(2-14)8(5)13)19-18-7(3-15)10(16)17/h1,19H,(H3,16,17)/b18-7+. The minimum atomic E-state index is -0.814. The number of rotatable bonds is 3. The molecule has 0 aromatic heterocycles. The molecule has 9 heteroatoms. The Hall–Kier alpha value is -2.16. The zero-order valence-corrected chi connectivity index (χ0v) is 11.5. The highest BCUT2D eigenvalue weighted by Crippen LogP contribution is 2.33. The average Bonchev–Trinajstić information content (AvgIpc) is 2.35. The zero-order valence-electron chi connectivity index (χ0n) is 9.13. The summed E-state index contributed by atoms with van der Waals surface area (Å²) in [7, 11) is 0. The molecule has 1 aromatic carbocycles. The van der Waals surface area contributed by atoms with Crippen LogP contribution in [0.15, 0.2) is 15.6 Å². The molecule has 96 valence electrons. The Balaban J connectivity index is 3.31. The number of hydrazone groups is 1. The van der Waals surface area contributed by atoms with Crippen molar-refractivity contribution in [1.82, 2.24) is 0 Å². The molecule has 4 N–H and O–H groups in total. The summed E-state index contributed by atoms with van der Waals surface area (Å²) in [5.41, 5.74) is 6.45. The number of halogens is 3. The fourth-order valence-electron chi connectivity index (χ4n) is 1.07. The molecule has 0 fully saturated rings. The Bertz CT molecular complexity index is 657. The van der Waals surface area contributed by atoms with Gasteiger partial charge in [-0.1, -0.05) is 11.6 Å². The maximum atomic E-state index is 13.7. The first-order chi connectivity index (χ1) is 8.92. The average molecular weight is 344 g/mol. The number of hydrogen-bond acceptors (Lipinski definition) is 5. The Morgan fingerprint density at radius 3 is 2.68 bits per heavy atom. The normalized spacial score (nSPS) is 10.5. The van der Waals surface area contributed by atoms with Gasteiger partial charge in [0.05, 0.1) is 15.2 Å².